The summed E-state index contributed by atoms with van der Waals surface area (Å²) in [7, 11) is 0. The third-order valence-electron chi connectivity index (χ3n) is 4.10. The molecule has 0 atom stereocenters. The number of carbonyl (C=O) groups excluding carboxylic acids is 1. The summed E-state index contributed by atoms with van der Waals surface area (Å²) in [4.78, 5) is 24.2. The number of hydrogen-bond donors (Lipinski definition) is 1. The van der Waals surface area contributed by atoms with Gasteiger partial charge in [-0.1, -0.05) is 58.0 Å². The lowest BCUT2D eigenvalue weighted by Gasteiger charge is -2.21. The first-order valence-electron chi connectivity index (χ1n) is 8.60. The summed E-state index contributed by atoms with van der Waals surface area (Å²) < 4.78 is 5.39. The molecule has 0 saturated carbocycles. The van der Waals surface area contributed by atoms with Gasteiger partial charge in [-0.2, -0.15) is 0 Å². The maximum atomic E-state index is 12.6. The van der Waals surface area contributed by atoms with E-state index < -0.39 is 11.9 Å². The van der Waals surface area contributed by atoms with Crippen LogP contribution in [0.15, 0.2) is 42.5 Å². The molecule has 5 heteroatoms. The Morgan fingerprint density at radius 2 is 1.46 bits per heavy atom. The number of rotatable bonds is 7. The second-order valence-electron chi connectivity index (χ2n) is 6.72. The molecule has 0 unspecified atom stereocenters. The van der Waals surface area contributed by atoms with Crippen molar-refractivity contribution in [2.45, 2.75) is 45.3 Å². The second kappa shape index (κ2) is 8.90. The van der Waals surface area contributed by atoms with Gasteiger partial charge in [0.05, 0.1) is 28.9 Å². The highest BCUT2D eigenvalue weighted by Crippen LogP contribution is 2.33. The molecular weight excluding hydrogens is 348 g/mol. The molecule has 26 heavy (non-hydrogen) atoms. The predicted octanol–water partition coefficient (Wildman–Crippen LogP) is 5.64. The normalized spacial score (nSPS) is 11.0. The van der Waals surface area contributed by atoms with Crippen molar-refractivity contribution < 1.29 is 18.9 Å². The van der Waals surface area contributed by atoms with Crippen LogP contribution in [0.25, 0.3) is 0 Å². The van der Waals surface area contributed by atoms with E-state index in [0.29, 0.717) is 16.9 Å². The molecule has 0 aliphatic heterocycles. The van der Waals surface area contributed by atoms with Gasteiger partial charge >= 0.3 is 11.9 Å². The number of carboxylic acid groups (broad SMARTS) is 1. The molecule has 0 aromatic heterocycles. The molecular formula is C21H24O4S. The van der Waals surface area contributed by atoms with E-state index in [1.54, 1.807) is 6.07 Å². The Kier molecular flexibility index (Phi) is 6.86. The zero-order valence-electron chi connectivity index (χ0n) is 15.5. The molecule has 0 fully saturated rings. The highest BCUT2D eigenvalue weighted by molar-refractivity contribution is 7.94. The number of carboxylic acids is 1. The first-order chi connectivity index (χ1) is 12.3. The smallest absolute Gasteiger partial charge is 0.350 e. The van der Waals surface area contributed by atoms with Gasteiger partial charge in [-0.05, 0) is 40.7 Å². The van der Waals surface area contributed by atoms with Gasteiger partial charge in [-0.15, -0.1) is 0 Å². The summed E-state index contributed by atoms with van der Waals surface area (Å²) in [6.45, 7) is 7.79. The molecule has 0 aliphatic carbocycles. The van der Waals surface area contributed by atoms with E-state index in [1.165, 1.54) is 6.07 Å². The third kappa shape index (κ3) is 4.67. The first kappa shape index (κ1) is 20.0. The van der Waals surface area contributed by atoms with Gasteiger partial charge in [0.25, 0.3) is 0 Å². The number of carbonyl (C=O) groups is 2. The van der Waals surface area contributed by atoms with E-state index in [1.807, 2.05) is 58.0 Å². The Hall–Kier alpha value is -2.27. The highest BCUT2D eigenvalue weighted by atomic mass is 32.2. The summed E-state index contributed by atoms with van der Waals surface area (Å²) in [5, 5.41) is 9.50. The zero-order valence-corrected chi connectivity index (χ0v) is 16.3. The monoisotopic (exact) mass is 372 g/mol. The topological polar surface area (TPSA) is 63.6 Å². The van der Waals surface area contributed by atoms with Crippen molar-refractivity contribution >= 4 is 24.0 Å². The SMILES string of the molecule is CC(C)c1c(C(=O)O)ccc(C(=O)OSCc2ccccc2)c1C(C)C. The third-order valence-corrected chi connectivity index (χ3v) is 4.82. The summed E-state index contributed by atoms with van der Waals surface area (Å²) in [5.74, 6) is -0.854. The molecule has 138 valence electrons. The summed E-state index contributed by atoms with van der Waals surface area (Å²) in [6.07, 6.45) is 0. The van der Waals surface area contributed by atoms with Gasteiger partial charge in [-0.3, -0.25) is 0 Å². The minimum absolute atomic E-state index is 0.00775. The molecule has 2 rings (SSSR count). The number of benzene rings is 2. The molecule has 0 heterocycles. The quantitative estimate of drug-likeness (QED) is 0.638. The fourth-order valence-corrected chi connectivity index (χ4v) is 3.60. The van der Waals surface area contributed by atoms with E-state index in [4.69, 9.17) is 4.18 Å². The van der Waals surface area contributed by atoms with Crippen LogP contribution in [0, 0.1) is 0 Å². The molecule has 0 aliphatic rings. The molecule has 0 radical (unpaired) electrons. The highest BCUT2D eigenvalue weighted by Gasteiger charge is 2.25. The van der Waals surface area contributed by atoms with Crippen LogP contribution in [0.3, 0.4) is 0 Å². The van der Waals surface area contributed by atoms with Crippen LogP contribution in [0.4, 0.5) is 0 Å². The standard InChI is InChI=1S/C21H24O4S/c1-13(2)18-16(20(22)23)10-11-17(19(18)14(3)4)21(24)25-26-12-15-8-6-5-7-9-15/h5-11,13-14H,12H2,1-4H3,(H,22,23). The van der Waals surface area contributed by atoms with Crippen LogP contribution >= 0.6 is 12.0 Å². The van der Waals surface area contributed by atoms with Crippen LogP contribution in [0.1, 0.15) is 76.9 Å². The van der Waals surface area contributed by atoms with Crippen molar-refractivity contribution in [2.75, 3.05) is 0 Å². The van der Waals surface area contributed by atoms with E-state index in [-0.39, 0.29) is 17.4 Å². The van der Waals surface area contributed by atoms with Gasteiger partial charge in [0.15, 0.2) is 0 Å². The van der Waals surface area contributed by atoms with Crippen LogP contribution < -0.4 is 0 Å². The van der Waals surface area contributed by atoms with Crippen LogP contribution in [-0.4, -0.2) is 17.0 Å². The van der Waals surface area contributed by atoms with Gasteiger partial charge in [0.2, 0.25) is 0 Å². The van der Waals surface area contributed by atoms with E-state index >= 15 is 0 Å². The Balaban J connectivity index is 2.28. The minimum Gasteiger partial charge on any atom is -0.478 e. The summed E-state index contributed by atoms with van der Waals surface area (Å²) >= 11 is 1.09. The Morgan fingerprint density at radius 1 is 0.923 bits per heavy atom. The van der Waals surface area contributed by atoms with Gasteiger partial charge < -0.3 is 9.29 Å². The molecule has 0 spiro atoms. The van der Waals surface area contributed by atoms with Crippen molar-refractivity contribution in [2.24, 2.45) is 0 Å². The second-order valence-corrected chi connectivity index (χ2v) is 7.41. The Bertz CT molecular complexity index is 782. The number of aromatic carboxylic acids is 1. The van der Waals surface area contributed by atoms with Crippen LogP contribution in [-0.2, 0) is 9.94 Å². The maximum Gasteiger partial charge on any atom is 0.350 e. The molecule has 0 amide bonds. The average Bonchev–Trinajstić information content (AvgIpc) is 2.60. The molecule has 2 aromatic carbocycles. The van der Waals surface area contributed by atoms with Gasteiger partial charge in [-0.25, -0.2) is 9.59 Å². The lowest BCUT2D eigenvalue weighted by molar-refractivity contribution is 0.0691. The Labute approximate surface area is 158 Å². The summed E-state index contributed by atoms with van der Waals surface area (Å²) in [6, 6.07) is 12.8. The molecule has 0 saturated heterocycles. The van der Waals surface area contributed by atoms with E-state index in [0.717, 1.165) is 23.2 Å². The van der Waals surface area contributed by atoms with Crippen molar-refractivity contribution in [1.29, 1.82) is 0 Å². The van der Waals surface area contributed by atoms with Crippen LogP contribution in [0.5, 0.6) is 0 Å². The lowest BCUT2D eigenvalue weighted by Crippen LogP contribution is -2.14. The maximum absolute atomic E-state index is 12.6. The van der Waals surface area contributed by atoms with Crippen LogP contribution in [0.2, 0.25) is 0 Å². The van der Waals surface area contributed by atoms with Crippen molar-refractivity contribution in [3.63, 3.8) is 0 Å². The average molecular weight is 372 g/mol. The molecule has 0 bridgehead atoms. The number of hydrogen-bond acceptors (Lipinski definition) is 4. The first-order valence-corrected chi connectivity index (χ1v) is 9.51. The van der Waals surface area contributed by atoms with Gasteiger partial charge in [0.1, 0.15) is 0 Å². The zero-order chi connectivity index (χ0) is 19.3. The molecule has 4 nitrogen and oxygen atoms in total. The predicted molar refractivity (Wildman–Crippen MR) is 105 cm³/mol. The van der Waals surface area contributed by atoms with Crippen molar-refractivity contribution in [3.05, 3.63) is 70.3 Å². The lowest BCUT2D eigenvalue weighted by atomic mass is 9.83. The van der Waals surface area contributed by atoms with Gasteiger partial charge in [0, 0.05) is 0 Å². The van der Waals surface area contributed by atoms with E-state index in [9.17, 15) is 14.7 Å². The fourth-order valence-electron chi connectivity index (χ4n) is 3.02. The molecule has 1 N–H and O–H groups in total. The van der Waals surface area contributed by atoms with Crippen molar-refractivity contribution in [1.82, 2.24) is 0 Å². The minimum atomic E-state index is -0.978. The van der Waals surface area contributed by atoms with Crippen molar-refractivity contribution in [3.8, 4) is 0 Å². The summed E-state index contributed by atoms with van der Waals surface area (Å²) in [5.41, 5.74) is 3.21. The van der Waals surface area contributed by atoms with E-state index in [2.05, 4.69) is 0 Å². The fraction of sp³-hybridized carbons (Fsp3) is 0.333. The molecule has 2 aromatic rings. The Morgan fingerprint density at radius 3 is 2.00 bits per heavy atom. The largest absolute Gasteiger partial charge is 0.478 e.